The molecule has 0 saturated heterocycles. The third-order valence-corrected chi connectivity index (χ3v) is 2.84. The van der Waals surface area contributed by atoms with Gasteiger partial charge >= 0.3 is 0 Å². The zero-order valence-electron chi connectivity index (χ0n) is 11.9. The Balaban J connectivity index is 1.61. The smallest absolute Gasteiger partial charge is 0.119 e. The van der Waals surface area contributed by atoms with Crippen LogP contribution in [-0.2, 0) is 6.54 Å². The molecule has 0 spiro atoms. The quantitative estimate of drug-likeness (QED) is 0.689. The number of hydrogen-bond acceptors (Lipinski definition) is 4. The van der Waals surface area contributed by atoms with Crippen molar-refractivity contribution in [3.63, 3.8) is 0 Å². The van der Waals surface area contributed by atoms with Gasteiger partial charge in [0, 0.05) is 18.8 Å². The van der Waals surface area contributed by atoms with E-state index < -0.39 is 0 Å². The predicted molar refractivity (Wildman–Crippen MR) is 81.1 cm³/mol. The minimum Gasteiger partial charge on any atom is -0.494 e. The third-order valence-electron chi connectivity index (χ3n) is 2.84. The van der Waals surface area contributed by atoms with E-state index >= 15 is 0 Å². The second-order valence-corrected chi connectivity index (χ2v) is 4.56. The molecule has 0 unspecified atom stereocenters. The number of ether oxygens (including phenoxy) is 1. The van der Waals surface area contributed by atoms with Gasteiger partial charge in [0.2, 0.25) is 0 Å². The van der Waals surface area contributed by atoms with Crippen LogP contribution >= 0.6 is 0 Å². The third kappa shape index (κ3) is 4.97. The summed E-state index contributed by atoms with van der Waals surface area (Å²) in [5.41, 5.74) is 1.11. The zero-order valence-corrected chi connectivity index (χ0v) is 11.9. The van der Waals surface area contributed by atoms with Crippen molar-refractivity contribution in [2.75, 3.05) is 25.0 Å². The Labute approximate surface area is 120 Å². The standard InChI is InChI=1S/C16H22N2O2/c1-2-11-19-15-7-5-14(6-8-15)18-10-9-17-13-16-4-3-12-20-16/h3-8,12,17-18H,2,9-11,13H2,1H3. The van der Waals surface area contributed by atoms with Gasteiger partial charge in [-0.25, -0.2) is 0 Å². The fourth-order valence-corrected chi connectivity index (χ4v) is 1.81. The molecular weight excluding hydrogens is 252 g/mol. The van der Waals surface area contributed by atoms with Crippen molar-refractivity contribution in [2.45, 2.75) is 19.9 Å². The molecule has 0 aliphatic rings. The number of nitrogens with one attached hydrogen (secondary N) is 2. The minimum atomic E-state index is 0.762. The molecule has 0 aliphatic heterocycles. The molecule has 0 bridgehead atoms. The van der Waals surface area contributed by atoms with Crippen molar-refractivity contribution in [2.24, 2.45) is 0 Å². The summed E-state index contributed by atoms with van der Waals surface area (Å²) in [6, 6.07) is 11.9. The minimum absolute atomic E-state index is 0.762. The van der Waals surface area contributed by atoms with Gasteiger partial charge in [-0.1, -0.05) is 6.92 Å². The summed E-state index contributed by atoms with van der Waals surface area (Å²) in [4.78, 5) is 0. The van der Waals surface area contributed by atoms with Crippen molar-refractivity contribution in [1.29, 1.82) is 0 Å². The Bertz CT molecular complexity index is 466. The molecule has 108 valence electrons. The van der Waals surface area contributed by atoms with Crippen LogP contribution in [0.3, 0.4) is 0 Å². The highest BCUT2D eigenvalue weighted by Gasteiger charge is 1.96. The number of rotatable bonds is 9. The molecule has 0 saturated carbocycles. The van der Waals surface area contributed by atoms with Crippen molar-refractivity contribution in [3.8, 4) is 5.75 Å². The molecule has 1 heterocycles. The van der Waals surface area contributed by atoms with E-state index in [1.165, 1.54) is 0 Å². The van der Waals surface area contributed by atoms with E-state index in [9.17, 15) is 0 Å². The van der Waals surface area contributed by atoms with E-state index in [2.05, 4.69) is 17.6 Å². The van der Waals surface area contributed by atoms with E-state index in [-0.39, 0.29) is 0 Å². The van der Waals surface area contributed by atoms with Crippen LogP contribution in [0, 0.1) is 0 Å². The fraction of sp³-hybridized carbons (Fsp3) is 0.375. The van der Waals surface area contributed by atoms with Crippen molar-refractivity contribution in [1.82, 2.24) is 5.32 Å². The Morgan fingerprint density at radius 2 is 1.95 bits per heavy atom. The molecule has 0 radical (unpaired) electrons. The summed E-state index contributed by atoms with van der Waals surface area (Å²) >= 11 is 0. The molecule has 4 heteroatoms. The lowest BCUT2D eigenvalue weighted by Gasteiger charge is -2.09. The maximum Gasteiger partial charge on any atom is 0.119 e. The molecule has 2 N–H and O–H groups in total. The number of benzene rings is 1. The molecule has 20 heavy (non-hydrogen) atoms. The van der Waals surface area contributed by atoms with E-state index in [0.717, 1.165) is 49.9 Å². The lowest BCUT2D eigenvalue weighted by Crippen LogP contribution is -2.21. The van der Waals surface area contributed by atoms with E-state index in [1.54, 1.807) is 6.26 Å². The van der Waals surface area contributed by atoms with Gasteiger partial charge in [-0.2, -0.15) is 0 Å². The van der Waals surface area contributed by atoms with E-state index in [0.29, 0.717) is 0 Å². The Morgan fingerprint density at radius 1 is 1.10 bits per heavy atom. The number of anilines is 1. The van der Waals surface area contributed by atoms with Crippen LogP contribution in [0.5, 0.6) is 5.75 Å². The van der Waals surface area contributed by atoms with Crippen LogP contribution in [0.25, 0.3) is 0 Å². The molecule has 1 aromatic heterocycles. The second kappa shape index (κ2) is 8.27. The molecule has 0 fully saturated rings. The molecule has 2 aromatic rings. The maximum atomic E-state index is 5.54. The van der Waals surface area contributed by atoms with E-state index in [4.69, 9.17) is 9.15 Å². The highest BCUT2D eigenvalue weighted by molar-refractivity contribution is 5.46. The molecule has 2 rings (SSSR count). The number of furan rings is 1. The lowest BCUT2D eigenvalue weighted by molar-refractivity contribution is 0.317. The lowest BCUT2D eigenvalue weighted by atomic mass is 10.3. The Morgan fingerprint density at radius 3 is 2.65 bits per heavy atom. The van der Waals surface area contributed by atoms with Crippen LogP contribution in [0.1, 0.15) is 19.1 Å². The van der Waals surface area contributed by atoms with Gasteiger partial charge in [-0.3, -0.25) is 0 Å². The molecule has 0 aliphatic carbocycles. The van der Waals surface area contributed by atoms with Crippen LogP contribution in [0.2, 0.25) is 0 Å². The zero-order chi connectivity index (χ0) is 14.0. The van der Waals surface area contributed by atoms with E-state index in [1.807, 2.05) is 36.4 Å². The highest BCUT2D eigenvalue weighted by atomic mass is 16.5. The summed E-state index contributed by atoms with van der Waals surface area (Å²) < 4.78 is 10.8. The van der Waals surface area contributed by atoms with Crippen LogP contribution < -0.4 is 15.4 Å². The van der Waals surface area contributed by atoms with Crippen LogP contribution in [0.15, 0.2) is 47.1 Å². The molecule has 0 amide bonds. The largest absolute Gasteiger partial charge is 0.494 e. The number of hydrogen-bond donors (Lipinski definition) is 2. The van der Waals surface area contributed by atoms with Gasteiger partial charge < -0.3 is 19.8 Å². The van der Waals surface area contributed by atoms with Gasteiger partial charge in [-0.15, -0.1) is 0 Å². The summed E-state index contributed by atoms with van der Waals surface area (Å²) in [7, 11) is 0. The summed E-state index contributed by atoms with van der Waals surface area (Å²) in [6.07, 6.45) is 2.72. The van der Waals surface area contributed by atoms with Gasteiger partial charge in [0.25, 0.3) is 0 Å². The topological polar surface area (TPSA) is 46.4 Å². The van der Waals surface area contributed by atoms with Crippen LogP contribution in [0.4, 0.5) is 5.69 Å². The molecule has 4 nitrogen and oxygen atoms in total. The fourth-order valence-electron chi connectivity index (χ4n) is 1.81. The average molecular weight is 274 g/mol. The normalized spacial score (nSPS) is 10.4. The Hall–Kier alpha value is -1.94. The van der Waals surface area contributed by atoms with Crippen molar-refractivity contribution < 1.29 is 9.15 Å². The van der Waals surface area contributed by atoms with Crippen molar-refractivity contribution >= 4 is 5.69 Å². The van der Waals surface area contributed by atoms with Gasteiger partial charge in [0.1, 0.15) is 11.5 Å². The summed E-state index contributed by atoms with van der Waals surface area (Å²) in [5.74, 6) is 1.88. The summed E-state index contributed by atoms with van der Waals surface area (Å²) in [5, 5.41) is 6.68. The first-order valence-corrected chi connectivity index (χ1v) is 7.08. The van der Waals surface area contributed by atoms with Gasteiger partial charge in [-0.05, 0) is 42.8 Å². The predicted octanol–water partition coefficient (Wildman–Crippen LogP) is 3.27. The molecule has 0 atom stereocenters. The monoisotopic (exact) mass is 274 g/mol. The van der Waals surface area contributed by atoms with Gasteiger partial charge in [0.05, 0.1) is 19.4 Å². The first-order valence-electron chi connectivity index (χ1n) is 7.08. The SMILES string of the molecule is CCCOc1ccc(NCCNCc2ccco2)cc1. The Kier molecular flexibility index (Phi) is 5.99. The highest BCUT2D eigenvalue weighted by Crippen LogP contribution is 2.15. The molecular formula is C16H22N2O2. The molecule has 1 aromatic carbocycles. The van der Waals surface area contributed by atoms with Crippen LogP contribution in [-0.4, -0.2) is 19.7 Å². The second-order valence-electron chi connectivity index (χ2n) is 4.56. The van der Waals surface area contributed by atoms with Crippen molar-refractivity contribution in [3.05, 3.63) is 48.4 Å². The first kappa shape index (κ1) is 14.5. The first-order chi connectivity index (χ1) is 9.88. The summed E-state index contributed by atoms with van der Waals surface area (Å²) in [6.45, 7) is 5.39. The van der Waals surface area contributed by atoms with Gasteiger partial charge in [0.15, 0.2) is 0 Å². The maximum absolute atomic E-state index is 5.54. The average Bonchev–Trinajstić information content (AvgIpc) is 2.99.